The zero-order valence-electron chi connectivity index (χ0n) is 9.48. The van der Waals surface area contributed by atoms with Crippen LogP contribution in [0.25, 0.3) is 5.69 Å². The van der Waals surface area contributed by atoms with E-state index in [1.807, 2.05) is 18.2 Å². The average Bonchev–Trinajstić information content (AvgIpc) is 2.51. The highest BCUT2D eigenvalue weighted by atomic mass is 35.5. The fraction of sp³-hybridized carbons (Fsp3) is 0.167. The first-order valence-electron chi connectivity index (χ1n) is 5.07. The molecule has 0 saturated heterocycles. The fourth-order valence-electron chi connectivity index (χ4n) is 1.89. The second-order valence-corrected chi connectivity index (χ2v) is 4.06. The van der Waals surface area contributed by atoms with Crippen molar-refractivity contribution >= 4 is 16.8 Å². The number of benzene rings is 1. The maximum absolute atomic E-state index is 12.0. The topological polar surface area (TPSA) is 44.0 Å². The predicted octanol–water partition coefficient (Wildman–Crippen LogP) is 1.86. The van der Waals surface area contributed by atoms with E-state index in [0.29, 0.717) is 5.69 Å². The van der Waals surface area contributed by atoms with Crippen molar-refractivity contribution in [3.05, 3.63) is 52.2 Å². The normalized spacial score (nSPS) is 10.5. The summed E-state index contributed by atoms with van der Waals surface area (Å²) >= 11 is 5.47. The van der Waals surface area contributed by atoms with Crippen molar-refractivity contribution in [3.8, 4) is 5.69 Å². The molecule has 1 aromatic heterocycles. The average molecular weight is 251 g/mol. The number of hydrogen-bond donors (Lipinski definition) is 0. The van der Waals surface area contributed by atoms with Crippen LogP contribution in [0.5, 0.6) is 0 Å². The lowest BCUT2D eigenvalue weighted by molar-refractivity contribution is 0.107. The first kappa shape index (κ1) is 11.7. The monoisotopic (exact) mass is 250 g/mol. The van der Waals surface area contributed by atoms with E-state index in [-0.39, 0.29) is 11.4 Å². The van der Waals surface area contributed by atoms with Crippen LogP contribution in [-0.2, 0) is 7.05 Å². The van der Waals surface area contributed by atoms with Crippen molar-refractivity contribution in [2.75, 3.05) is 0 Å². The van der Waals surface area contributed by atoms with Gasteiger partial charge in [0.2, 0.25) is 0 Å². The van der Waals surface area contributed by atoms with Gasteiger partial charge in [-0.15, -0.1) is 0 Å². The van der Waals surface area contributed by atoms with E-state index in [9.17, 15) is 9.59 Å². The molecule has 0 spiro atoms. The fourth-order valence-corrected chi connectivity index (χ4v) is 2.16. The van der Waals surface area contributed by atoms with Crippen LogP contribution in [0.1, 0.15) is 16.2 Å². The first-order chi connectivity index (χ1) is 8.04. The van der Waals surface area contributed by atoms with Gasteiger partial charge in [-0.25, -0.2) is 4.79 Å². The Morgan fingerprint density at radius 3 is 2.29 bits per heavy atom. The third kappa shape index (κ3) is 1.80. The molecule has 1 aromatic carbocycles. The van der Waals surface area contributed by atoms with Gasteiger partial charge in [0.05, 0.1) is 11.4 Å². The molecule has 2 rings (SSSR count). The van der Waals surface area contributed by atoms with Gasteiger partial charge in [-0.3, -0.25) is 13.9 Å². The molecule has 0 aliphatic heterocycles. The number of hydrogen-bond acceptors (Lipinski definition) is 2. The largest absolute Gasteiger partial charge is 0.333 e. The van der Waals surface area contributed by atoms with Crippen LogP contribution in [0.4, 0.5) is 0 Å². The van der Waals surface area contributed by atoms with Crippen LogP contribution in [-0.4, -0.2) is 14.4 Å². The Balaban J connectivity index is 2.77. The van der Waals surface area contributed by atoms with Crippen LogP contribution >= 0.6 is 11.6 Å². The number of para-hydroxylation sites is 1. The molecule has 0 fully saturated rings. The number of carbonyl (C=O) groups excluding carboxylic acids is 1. The van der Waals surface area contributed by atoms with Crippen LogP contribution in [0.3, 0.4) is 0 Å². The Morgan fingerprint density at radius 2 is 1.82 bits per heavy atom. The molecule has 0 N–H and O–H groups in total. The molecular weight excluding hydrogens is 240 g/mol. The summed E-state index contributed by atoms with van der Waals surface area (Å²) < 4.78 is 2.73. The number of rotatable bonds is 2. The van der Waals surface area contributed by atoms with E-state index in [1.54, 1.807) is 19.1 Å². The Bertz CT molecular complexity index is 626. The summed E-state index contributed by atoms with van der Waals surface area (Å²) in [5, 5.41) is -0.628. The maximum atomic E-state index is 12.0. The van der Waals surface area contributed by atoms with Gasteiger partial charge >= 0.3 is 5.69 Å². The number of nitrogens with zero attached hydrogens (tertiary/aromatic N) is 2. The Labute approximate surface area is 103 Å². The van der Waals surface area contributed by atoms with E-state index < -0.39 is 5.24 Å². The zero-order valence-corrected chi connectivity index (χ0v) is 10.2. The lowest BCUT2D eigenvalue weighted by atomic mass is 10.3. The molecule has 0 unspecified atom stereocenters. The molecule has 0 radical (unpaired) electrons. The number of imidazole rings is 1. The molecule has 88 valence electrons. The van der Waals surface area contributed by atoms with E-state index >= 15 is 0 Å². The molecule has 1 heterocycles. The van der Waals surface area contributed by atoms with Crippen LogP contribution in [0.2, 0.25) is 0 Å². The molecule has 0 bridgehead atoms. The highest BCUT2D eigenvalue weighted by molar-refractivity contribution is 6.67. The minimum Gasteiger partial charge on any atom is -0.291 e. The van der Waals surface area contributed by atoms with Crippen molar-refractivity contribution in [1.82, 2.24) is 9.13 Å². The summed E-state index contributed by atoms with van der Waals surface area (Å²) in [4.78, 5) is 23.3. The third-order valence-electron chi connectivity index (χ3n) is 2.69. The van der Waals surface area contributed by atoms with Crippen LogP contribution < -0.4 is 5.69 Å². The predicted molar refractivity (Wildman–Crippen MR) is 65.9 cm³/mol. The van der Waals surface area contributed by atoms with Gasteiger partial charge in [0.15, 0.2) is 0 Å². The quantitative estimate of drug-likeness (QED) is 0.764. The van der Waals surface area contributed by atoms with Crippen molar-refractivity contribution in [2.24, 2.45) is 7.05 Å². The number of carbonyl (C=O) groups is 1. The van der Waals surface area contributed by atoms with Crippen LogP contribution in [0.15, 0.2) is 35.1 Å². The van der Waals surface area contributed by atoms with Crippen molar-refractivity contribution < 1.29 is 4.79 Å². The highest BCUT2D eigenvalue weighted by Crippen LogP contribution is 2.14. The minimum absolute atomic E-state index is 0.223. The first-order valence-corrected chi connectivity index (χ1v) is 5.45. The molecule has 4 nitrogen and oxygen atoms in total. The number of aromatic nitrogens is 2. The van der Waals surface area contributed by atoms with E-state index in [4.69, 9.17) is 11.6 Å². The molecular formula is C12H11ClN2O2. The van der Waals surface area contributed by atoms with E-state index in [0.717, 1.165) is 5.69 Å². The van der Waals surface area contributed by atoms with E-state index in [1.165, 1.54) is 16.2 Å². The Kier molecular flexibility index (Phi) is 2.90. The molecule has 0 atom stereocenters. The molecule has 0 amide bonds. The highest BCUT2D eigenvalue weighted by Gasteiger charge is 2.19. The summed E-state index contributed by atoms with van der Waals surface area (Å²) in [6.07, 6.45) is 0. The second-order valence-electron chi connectivity index (χ2n) is 3.72. The van der Waals surface area contributed by atoms with Crippen molar-refractivity contribution in [1.29, 1.82) is 0 Å². The molecule has 0 saturated carbocycles. The van der Waals surface area contributed by atoms with Crippen LogP contribution in [0, 0.1) is 6.92 Å². The second kappa shape index (κ2) is 4.22. The zero-order chi connectivity index (χ0) is 12.6. The van der Waals surface area contributed by atoms with Gasteiger partial charge in [0.1, 0.15) is 5.69 Å². The van der Waals surface area contributed by atoms with Gasteiger partial charge in [0, 0.05) is 7.05 Å². The molecule has 2 aromatic rings. The lowest BCUT2D eigenvalue weighted by Crippen LogP contribution is -2.22. The summed E-state index contributed by atoms with van der Waals surface area (Å²) in [6.45, 7) is 1.70. The summed E-state index contributed by atoms with van der Waals surface area (Å²) in [6, 6.07) is 9.13. The smallest absolute Gasteiger partial charge is 0.291 e. The number of halogens is 1. The maximum Gasteiger partial charge on any atom is 0.333 e. The molecule has 5 heteroatoms. The summed E-state index contributed by atoms with van der Waals surface area (Å²) in [5.41, 5.74) is 1.21. The minimum atomic E-state index is -0.628. The Morgan fingerprint density at radius 1 is 1.24 bits per heavy atom. The van der Waals surface area contributed by atoms with E-state index in [2.05, 4.69) is 0 Å². The van der Waals surface area contributed by atoms with Crippen molar-refractivity contribution in [3.63, 3.8) is 0 Å². The third-order valence-corrected chi connectivity index (χ3v) is 2.87. The molecule has 17 heavy (non-hydrogen) atoms. The summed E-state index contributed by atoms with van der Waals surface area (Å²) in [7, 11) is 1.53. The van der Waals surface area contributed by atoms with Crippen molar-refractivity contribution in [2.45, 2.75) is 6.92 Å². The standard InChI is InChI=1S/C12H11ClN2O2/c1-8-10(11(13)16)14(2)12(17)15(8)9-6-4-3-5-7-9/h3-7H,1-2H3. The van der Waals surface area contributed by atoms with Gasteiger partial charge in [-0.05, 0) is 30.7 Å². The van der Waals surface area contributed by atoms with Gasteiger partial charge < -0.3 is 0 Å². The van der Waals surface area contributed by atoms with Gasteiger partial charge in [0.25, 0.3) is 5.24 Å². The summed E-state index contributed by atoms with van der Waals surface area (Å²) in [5.74, 6) is 0. The Hall–Kier alpha value is -1.81. The van der Waals surface area contributed by atoms with Gasteiger partial charge in [-0.2, -0.15) is 0 Å². The molecule has 0 aliphatic carbocycles. The SMILES string of the molecule is Cc1c(C(=O)Cl)n(C)c(=O)n1-c1ccccc1. The lowest BCUT2D eigenvalue weighted by Gasteiger charge is -2.03. The van der Waals surface area contributed by atoms with Gasteiger partial charge in [-0.1, -0.05) is 18.2 Å². The molecule has 0 aliphatic rings.